The van der Waals surface area contributed by atoms with E-state index < -0.39 is 23.3 Å². The molecule has 0 aliphatic rings. The fourth-order valence-electron chi connectivity index (χ4n) is 1.84. The molecule has 2 aromatic carbocycles. The van der Waals surface area contributed by atoms with Crippen molar-refractivity contribution in [2.24, 2.45) is 0 Å². The lowest BCUT2D eigenvalue weighted by Crippen LogP contribution is -2.16. The fraction of sp³-hybridized carbons (Fsp3) is 0.0667. The Morgan fingerprint density at radius 1 is 1.24 bits per heavy atom. The summed E-state index contributed by atoms with van der Waals surface area (Å²) in [6, 6.07) is 8.82. The number of hydrogen-bond donors (Lipinski definition) is 2. The highest BCUT2D eigenvalue weighted by Gasteiger charge is 2.18. The molecule has 0 unspecified atom stereocenters. The Labute approximate surface area is 128 Å². The zero-order valence-corrected chi connectivity index (χ0v) is 12.6. The van der Waals surface area contributed by atoms with Gasteiger partial charge in [0, 0.05) is 4.47 Å². The molecule has 0 aromatic heterocycles. The molecule has 21 heavy (non-hydrogen) atoms. The van der Waals surface area contributed by atoms with E-state index in [-0.39, 0.29) is 5.69 Å². The molecule has 0 aliphatic carbocycles. The number of amides is 1. The van der Waals surface area contributed by atoms with Gasteiger partial charge >= 0.3 is 5.97 Å². The molecule has 2 N–H and O–H groups in total. The third-order valence-electron chi connectivity index (χ3n) is 2.84. The van der Waals surface area contributed by atoms with E-state index in [9.17, 15) is 14.0 Å². The van der Waals surface area contributed by atoms with Crippen molar-refractivity contribution in [3.8, 4) is 0 Å². The van der Waals surface area contributed by atoms with Gasteiger partial charge in [0.2, 0.25) is 0 Å². The van der Waals surface area contributed by atoms with Crippen LogP contribution in [0.3, 0.4) is 0 Å². The van der Waals surface area contributed by atoms with Gasteiger partial charge in [-0.15, -0.1) is 0 Å². The van der Waals surface area contributed by atoms with E-state index in [1.807, 2.05) is 6.92 Å². The number of benzene rings is 2. The molecular formula is C15H11BrFNO3. The molecule has 0 saturated carbocycles. The number of hydrogen-bond acceptors (Lipinski definition) is 2. The van der Waals surface area contributed by atoms with Gasteiger partial charge in [-0.05, 0) is 52.7 Å². The first-order chi connectivity index (χ1) is 9.90. The van der Waals surface area contributed by atoms with Crippen molar-refractivity contribution in [3.63, 3.8) is 0 Å². The lowest BCUT2D eigenvalue weighted by Gasteiger charge is -2.10. The molecule has 108 valence electrons. The largest absolute Gasteiger partial charge is 0.478 e. The molecule has 0 bridgehead atoms. The maximum atomic E-state index is 13.5. The van der Waals surface area contributed by atoms with Crippen LogP contribution in [0.1, 0.15) is 26.3 Å². The van der Waals surface area contributed by atoms with Gasteiger partial charge in [0.1, 0.15) is 11.4 Å². The van der Waals surface area contributed by atoms with E-state index in [0.29, 0.717) is 10.0 Å². The number of carboxylic acid groups (broad SMARTS) is 1. The second kappa shape index (κ2) is 6.05. The number of nitrogens with one attached hydrogen (secondary N) is 1. The molecule has 0 aliphatic heterocycles. The van der Waals surface area contributed by atoms with Crippen molar-refractivity contribution in [2.75, 3.05) is 5.32 Å². The van der Waals surface area contributed by atoms with Crippen LogP contribution in [0.4, 0.5) is 10.1 Å². The number of carboxylic acids is 1. The maximum Gasteiger partial charge on any atom is 0.340 e. The summed E-state index contributed by atoms with van der Waals surface area (Å²) in [5, 5.41) is 11.4. The monoisotopic (exact) mass is 351 g/mol. The quantitative estimate of drug-likeness (QED) is 0.882. The summed E-state index contributed by atoms with van der Waals surface area (Å²) in [4.78, 5) is 23.2. The summed E-state index contributed by atoms with van der Waals surface area (Å²) < 4.78 is 14.1. The molecule has 0 fully saturated rings. The van der Waals surface area contributed by atoms with Crippen LogP contribution in [0.2, 0.25) is 0 Å². The first-order valence-corrected chi connectivity index (χ1v) is 6.78. The average molecular weight is 352 g/mol. The number of aromatic carboxylic acids is 1. The Kier molecular flexibility index (Phi) is 4.37. The summed E-state index contributed by atoms with van der Waals surface area (Å²) >= 11 is 3.27. The number of carbonyl (C=O) groups is 2. The van der Waals surface area contributed by atoms with Crippen molar-refractivity contribution >= 4 is 33.5 Å². The predicted molar refractivity (Wildman–Crippen MR) is 80.2 cm³/mol. The van der Waals surface area contributed by atoms with Crippen LogP contribution in [0.25, 0.3) is 0 Å². The molecule has 6 heteroatoms. The number of aryl methyl sites for hydroxylation is 1. The lowest BCUT2D eigenvalue weighted by atomic mass is 10.1. The van der Waals surface area contributed by atoms with Gasteiger partial charge in [0.25, 0.3) is 5.91 Å². The molecule has 0 heterocycles. The van der Waals surface area contributed by atoms with Crippen LogP contribution in [0.5, 0.6) is 0 Å². The minimum atomic E-state index is -1.44. The van der Waals surface area contributed by atoms with Crippen LogP contribution in [-0.4, -0.2) is 17.0 Å². The first kappa shape index (κ1) is 15.2. The Balaban J connectivity index is 2.36. The minimum absolute atomic E-state index is 0.0834. The van der Waals surface area contributed by atoms with Crippen molar-refractivity contribution < 1.29 is 19.1 Å². The van der Waals surface area contributed by atoms with Crippen LogP contribution >= 0.6 is 15.9 Å². The first-order valence-electron chi connectivity index (χ1n) is 5.99. The molecule has 0 spiro atoms. The normalized spacial score (nSPS) is 10.2. The van der Waals surface area contributed by atoms with Gasteiger partial charge in [-0.2, -0.15) is 0 Å². The van der Waals surface area contributed by atoms with Crippen molar-refractivity contribution in [3.05, 3.63) is 63.4 Å². The van der Waals surface area contributed by atoms with E-state index >= 15 is 0 Å². The Morgan fingerprint density at radius 3 is 2.57 bits per heavy atom. The Bertz CT molecular complexity index is 731. The molecule has 4 nitrogen and oxygen atoms in total. The minimum Gasteiger partial charge on any atom is -0.478 e. The van der Waals surface area contributed by atoms with Crippen molar-refractivity contribution in [1.82, 2.24) is 0 Å². The van der Waals surface area contributed by atoms with Gasteiger partial charge in [0.05, 0.1) is 11.3 Å². The second-order valence-electron chi connectivity index (χ2n) is 4.40. The number of rotatable bonds is 3. The molecular weight excluding hydrogens is 341 g/mol. The summed E-state index contributed by atoms with van der Waals surface area (Å²) in [6.45, 7) is 1.88. The van der Waals surface area contributed by atoms with E-state index in [0.717, 1.165) is 11.6 Å². The summed E-state index contributed by atoms with van der Waals surface area (Å²) in [5.41, 5.74) is 0.658. The van der Waals surface area contributed by atoms with Gasteiger partial charge in [-0.1, -0.05) is 12.1 Å². The van der Waals surface area contributed by atoms with Crippen LogP contribution in [-0.2, 0) is 0 Å². The number of anilines is 1. The lowest BCUT2D eigenvalue weighted by molar-refractivity contribution is 0.0693. The fourth-order valence-corrected chi connectivity index (χ4v) is 2.51. The van der Waals surface area contributed by atoms with Gasteiger partial charge in [-0.25, -0.2) is 9.18 Å². The van der Waals surface area contributed by atoms with E-state index in [4.69, 9.17) is 5.11 Å². The van der Waals surface area contributed by atoms with E-state index in [1.165, 1.54) is 12.1 Å². The second-order valence-corrected chi connectivity index (χ2v) is 5.26. The zero-order chi connectivity index (χ0) is 15.6. The highest BCUT2D eigenvalue weighted by Crippen LogP contribution is 2.23. The average Bonchev–Trinajstić information content (AvgIpc) is 2.37. The van der Waals surface area contributed by atoms with Crippen molar-refractivity contribution in [1.29, 1.82) is 0 Å². The Morgan fingerprint density at radius 2 is 1.95 bits per heavy atom. The standard InChI is InChI=1S/C15H11BrFNO3/c1-8-5-6-9(10(16)7-8)14(19)18-12-4-2-3-11(17)13(12)15(20)21/h2-7H,1H3,(H,18,19)(H,20,21). The van der Waals surface area contributed by atoms with Crippen LogP contribution < -0.4 is 5.32 Å². The zero-order valence-electron chi connectivity index (χ0n) is 11.0. The summed E-state index contributed by atoms with van der Waals surface area (Å²) in [5.74, 6) is -2.86. The van der Waals surface area contributed by atoms with Crippen LogP contribution in [0, 0.1) is 12.7 Å². The Hall–Kier alpha value is -2.21. The van der Waals surface area contributed by atoms with Crippen LogP contribution in [0.15, 0.2) is 40.9 Å². The SMILES string of the molecule is Cc1ccc(C(=O)Nc2cccc(F)c2C(=O)O)c(Br)c1. The molecule has 0 radical (unpaired) electrons. The van der Waals surface area contributed by atoms with Gasteiger partial charge in [-0.3, -0.25) is 4.79 Å². The number of carbonyl (C=O) groups excluding carboxylic acids is 1. The van der Waals surface area contributed by atoms with E-state index in [1.54, 1.807) is 18.2 Å². The summed E-state index contributed by atoms with van der Waals surface area (Å²) in [7, 11) is 0. The third kappa shape index (κ3) is 3.28. The highest BCUT2D eigenvalue weighted by molar-refractivity contribution is 9.10. The van der Waals surface area contributed by atoms with Crippen molar-refractivity contribution in [2.45, 2.75) is 6.92 Å². The summed E-state index contributed by atoms with van der Waals surface area (Å²) in [6.07, 6.45) is 0. The molecule has 2 rings (SSSR count). The topological polar surface area (TPSA) is 66.4 Å². The highest BCUT2D eigenvalue weighted by atomic mass is 79.9. The molecule has 0 atom stereocenters. The molecule has 0 saturated heterocycles. The third-order valence-corrected chi connectivity index (χ3v) is 3.50. The molecule has 2 aromatic rings. The number of halogens is 2. The van der Waals surface area contributed by atoms with Gasteiger partial charge in [0.15, 0.2) is 0 Å². The van der Waals surface area contributed by atoms with Gasteiger partial charge < -0.3 is 10.4 Å². The smallest absolute Gasteiger partial charge is 0.340 e. The van der Waals surface area contributed by atoms with E-state index in [2.05, 4.69) is 21.2 Å². The molecule has 1 amide bonds. The maximum absolute atomic E-state index is 13.5. The predicted octanol–water partition coefficient (Wildman–Crippen LogP) is 3.85.